The van der Waals surface area contributed by atoms with Gasteiger partial charge in [0, 0.05) is 11.1 Å². The Morgan fingerprint density at radius 2 is 1.92 bits per heavy atom. The minimum atomic E-state index is -0.335. The predicted octanol–water partition coefficient (Wildman–Crippen LogP) is 4.82. The highest BCUT2D eigenvalue weighted by molar-refractivity contribution is 7.80. The molecule has 2 rings (SSSR count). The van der Waals surface area contributed by atoms with Gasteiger partial charge in [-0.05, 0) is 60.6 Å². The first-order valence-corrected chi connectivity index (χ1v) is 8.64. The van der Waals surface area contributed by atoms with Gasteiger partial charge in [-0.25, -0.2) is 0 Å². The molecule has 4 nitrogen and oxygen atoms in total. The molecule has 6 heteroatoms. The number of thiocarbonyl (C=S) groups is 1. The topological polar surface area (TPSA) is 50.4 Å². The van der Waals surface area contributed by atoms with Crippen molar-refractivity contribution in [2.45, 2.75) is 6.92 Å². The number of nitrogens with one attached hydrogen (secondary N) is 2. The number of carbonyl (C=O) groups excluding carboxylic acids is 1. The van der Waals surface area contributed by atoms with Crippen LogP contribution >= 0.6 is 23.8 Å². The SMILES string of the molecule is C=C(C)COc1ccccc1NC(=S)NC(=O)/C=C/c1ccc(Cl)cc1. The van der Waals surface area contributed by atoms with Crippen LogP contribution in [0.25, 0.3) is 6.08 Å². The Hall–Kier alpha value is -2.63. The van der Waals surface area contributed by atoms with E-state index in [0.29, 0.717) is 23.1 Å². The lowest BCUT2D eigenvalue weighted by atomic mass is 10.2. The summed E-state index contributed by atoms with van der Waals surface area (Å²) in [4.78, 5) is 12.0. The van der Waals surface area contributed by atoms with E-state index < -0.39 is 0 Å². The Morgan fingerprint density at radius 1 is 1.23 bits per heavy atom. The monoisotopic (exact) mass is 386 g/mol. The Morgan fingerprint density at radius 3 is 2.62 bits per heavy atom. The van der Waals surface area contributed by atoms with Gasteiger partial charge in [-0.2, -0.15) is 0 Å². The largest absolute Gasteiger partial charge is 0.487 e. The van der Waals surface area contributed by atoms with Crippen LogP contribution in [0.3, 0.4) is 0 Å². The van der Waals surface area contributed by atoms with Gasteiger partial charge >= 0.3 is 0 Å². The van der Waals surface area contributed by atoms with Crippen LogP contribution in [0.15, 0.2) is 66.8 Å². The number of halogens is 1. The molecule has 2 aromatic carbocycles. The van der Waals surface area contributed by atoms with Gasteiger partial charge in [0.1, 0.15) is 12.4 Å². The van der Waals surface area contributed by atoms with Gasteiger partial charge in [0.25, 0.3) is 0 Å². The van der Waals surface area contributed by atoms with Gasteiger partial charge in [0.05, 0.1) is 5.69 Å². The van der Waals surface area contributed by atoms with Crippen LogP contribution in [0.5, 0.6) is 5.75 Å². The second-order valence-corrected chi connectivity index (χ2v) is 6.41. The number of benzene rings is 2. The molecule has 0 unspecified atom stereocenters. The van der Waals surface area contributed by atoms with Crippen LogP contribution in [-0.2, 0) is 4.79 Å². The maximum absolute atomic E-state index is 12.0. The van der Waals surface area contributed by atoms with Gasteiger partial charge < -0.3 is 10.1 Å². The number of carbonyl (C=O) groups is 1. The summed E-state index contributed by atoms with van der Waals surface area (Å²) in [5.74, 6) is 0.293. The number of ether oxygens (including phenoxy) is 1. The maximum atomic E-state index is 12.0. The number of anilines is 1. The zero-order valence-corrected chi connectivity index (χ0v) is 15.9. The van der Waals surface area contributed by atoms with Crippen LogP contribution < -0.4 is 15.4 Å². The molecule has 0 bridgehead atoms. The first-order chi connectivity index (χ1) is 12.4. The normalized spacial score (nSPS) is 10.4. The van der Waals surface area contributed by atoms with Crippen molar-refractivity contribution >= 4 is 46.6 Å². The van der Waals surface area contributed by atoms with E-state index >= 15 is 0 Å². The van der Waals surface area contributed by atoms with E-state index in [1.807, 2.05) is 43.3 Å². The number of para-hydroxylation sites is 2. The van der Waals surface area contributed by atoms with E-state index in [1.54, 1.807) is 18.2 Å². The van der Waals surface area contributed by atoms with E-state index in [0.717, 1.165) is 11.1 Å². The van der Waals surface area contributed by atoms with Gasteiger partial charge in [-0.15, -0.1) is 0 Å². The lowest BCUT2D eigenvalue weighted by Gasteiger charge is -2.13. The zero-order valence-electron chi connectivity index (χ0n) is 14.3. The molecule has 0 fully saturated rings. The van der Waals surface area contributed by atoms with Crippen molar-refractivity contribution in [2.24, 2.45) is 0 Å². The van der Waals surface area contributed by atoms with E-state index in [1.165, 1.54) is 6.08 Å². The second-order valence-electron chi connectivity index (χ2n) is 5.57. The lowest BCUT2D eigenvalue weighted by Crippen LogP contribution is -2.32. The van der Waals surface area contributed by atoms with Crippen molar-refractivity contribution in [3.63, 3.8) is 0 Å². The molecule has 2 aromatic rings. The molecule has 0 aliphatic heterocycles. The minimum absolute atomic E-state index is 0.183. The smallest absolute Gasteiger partial charge is 0.250 e. The van der Waals surface area contributed by atoms with Crippen molar-refractivity contribution in [1.29, 1.82) is 0 Å². The van der Waals surface area contributed by atoms with Crippen LogP contribution in [0, 0.1) is 0 Å². The first-order valence-electron chi connectivity index (χ1n) is 7.86. The summed E-state index contributed by atoms with van der Waals surface area (Å²) in [6.45, 7) is 6.09. The Kier molecular flexibility index (Phi) is 7.38. The standard InChI is InChI=1S/C20H19ClN2O2S/c1-14(2)13-25-18-6-4-3-5-17(18)22-20(26)23-19(24)12-9-15-7-10-16(21)11-8-15/h3-12H,1,13H2,2H3,(H2,22,23,24,26)/b12-9+. The summed E-state index contributed by atoms with van der Waals surface area (Å²) in [5.41, 5.74) is 2.44. The average molecular weight is 387 g/mol. The van der Waals surface area contributed by atoms with E-state index in [-0.39, 0.29) is 11.0 Å². The molecule has 0 aliphatic carbocycles. The molecule has 0 atom stereocenters. The molecule has 2 N–H and O–H groups in total. The average Bonchev–Trinajstić information content (AvgIpc) is 2.60. The zero-order chi connectivity index (χ0) is 18.9. The van der Waals surface area contributed by atoms with Crippen molar-refractivity contribution in [3.8, 4) is 5.75 Å². The van der Waals surface area contributed by atoms with Gasteiger partial charge in [-0.3, -0.25) is 10.1 Å². The fourth-order valence-electron chi connectivity index (χ4n) is 1.95. The minimum Gasteiger partial charge on any atom is -0.487 e. The molecule has 0 radical (unpaired) electrons. The third-order valence-corrected chi connectivity index (χ3v) is 3.60. The first kappa shape index (κ1) is 19.7. The number of rotatable bonds is 6. The molecule has 0 aliphatic rings. The third kappa shape index (κ3) is 6.70. The molecule has 0 saturated heterocycles. The van der Waals surface area contributed by atoms with Gasteiger partial charge in [0.15, 0.2) is 5.11 Å². The van der Waals surface area contributed by atoms with Crippen molar-refractivity contribution in [2.75, 3.05) is 11.9 Å². The number of hydrogen-bond donors (Lipinski definition) is 2. The second kappa shape index (κ2) is 9.75. The molecule has 0 spiro atoms. The maximum Gasteiger partial charge on any atom is 0.250 e. The molecule has 0 saturated carbocycles. The van der Waals surface area contributed by atoms with Crippen LogP contribution in [0.2, 0.25) is 5.02 Å². The van der Waals surface area contributed by atoms with E-state index in [2.05, 4.69) is 17.2 Å². The molecular formula is C20H19ClN2O2S. The number of amides is 1. The Balaban J connectivity index is 1.92. The number of hydrogen-bond acceptors (Lipinski definition) is 3. The Bertz CT molecular complexity index is 832. The fourth-order valence-corrected chi connectivity index (χ4v) is 2.29. The highest BCUT2D eigenvalue weighted by Crippen LogP contribution is 2.24. The van der Waals surface area contributed by atoms with E-state index in [9.17, 15) is 4.79 Å². The fraction of sp³-hybridized carbons (Fsp3) is 0.100. The van der Waals surface area contributed by atoms with Crippen molar-refractivity contribution in [3.05, 3.63) is 77.3 Å². The highest BCUT2D eigenvalue weighted by atomic mass is 35.5. The predicted molar refractivity (Wildman–Crippen MR) is 112 cm³/mol. The lowest BCUT2D eigenvalue weighted by molar-refractivity contribution is -0.115. The summed E-state index contributed by atoms with van der Waals surface area (Å²) in [6, 6.07) is 14.5. The van der Waals surface area contributed by atoms with Crippen molar-refractivity contribution in [1.82, 2.24) is 5.32 Å². The molecular weight excluding hydrogens is 368 g/mol. The van der Waals surface area contributed by atoms with Gasteiger partial charge in [0.2, 0.25) is 5.91 Å². The summed E-state index contributed by atoms with van der Waals surface area (Å²) >= 11 is 11.0. The summed E-state index contributed by atoms with van der Waals surface area (Å²) in [6.07, 6.45) is 3.08. The van der Waals surface area contributed by atoms with Crippen LogP contribution in [0.1, 0.15) is 12.5 Å². The molecule has 26 heavy (non-hydrogen) atoms. The Labute approximate surface area is 163 Å². The summed E-state index contributed by atoms with van der Waals surface area (Å²) in [5, 5.41) is 6.39. The molecule has 1 amide bonds. The van der Waals surface area contributed by atoms with Gasteiger partial charge in [-0.1, -0.05) is 42.4 Å². The van der Waals surface area contributed by atoms with Crippen LogP contribution in [-0.4, -0.2) is 17.6 Å². The van der Waals surface area contributed by atoms with E-state index in [4.69, 9.17) is 28.6 Å². The quantitative estimate of drug-likeness (QED) is 0.424. The third-order valence-electron chi connectivity index (χ3n) is 3.14. The highest BCUT2D eigenvalue weighted by Gasteiger charge is 2.06. The summed E-state index contributed by atoms with van der Waals surface area (Å²) < 4.78 is 5.66. The molecule has 0 aromatic heterocycles. The van der Waals surface area contributed by atoms with Crippen LogP contribution in [0.4, 0.5) is 5.69 Å². The van der Waals surface area contributed by atoms with Crippen molar-refractivity contribution < 1.29 is 9.53 Å². The molecule has 0 heterocycles. The molecule has 134 valence electrons. The summed E-state index contributed by atoms with van der Waals surface area (Å²) in [7, 11) is 0.